The normalized spacial score (nSPS) is 10.9. The molecule has 0 saturated carbocycles. The van der Waals surface area contributed by atoms with Crippen molar-refractivity contribution in [2.75, 3.05) is 11.9 Å². The van der Waals surface area contributed by atoms with Crippen LogP contribution in [0, 0.1) is 0 Å². The molecule has 0 aliphatic rings. The monoisotopic (exact) mass is 504 g/mol. The molecule has 0 aliphatic heterocycles. The van der Waals surface area contributed by atoms with E-state index in [2.05, 4.69) is 50.5 Å². The van der Waals surface area contributed by atoms with Crippen molar-refractivity contribution in [3.8, 4) is 28.1 Å². The van der Waals surface area contributed by atoms with Crippen LogP contribution >= 0.6 is 27.3 Å². The number of ether oxygens (including phenoxy) is 1. The van der Waals surface area contributed by atoms with Crippen molar-refractivity contribution in [2.24, 2.45) is 0 Å². The molecular weight excluding hydrogens is 484 g/mol. The lowest BCUT2D eigenvalue weighted by molar-refractivity contribution is -0.111. The van der Waals surface area contributed by atoms with Crippen molar-refractivity contribution < 1.29 is 9.53 Å². The van der Waals surface area contributed by atoms with E-state index in [1.165, 1.54) is 23.0 Å². The van der Waals surface area contributed by atoms with E-state index in [0.717, 1.165) is 32.6 Å². The molecule has 0 aliphatic carbocycles. The molecule has 0 saturated heterocycles. The third-order valence-corrected chi connectivity index (χ3v) is 5.96. The number of carbonyl (C=O) groups excluding carboxylic acids is 1. The van der Waals surface area contributed by atoms with Gasteiger partial charge in [-0.2, -0.15) is 0 Å². The molecule has 6 heteroatoms. The average molecular weight is 505 g/mol. The van der Waals surface area contributed by atoms with E-state index in [4.69, 9.17) is 4.74 Å². The van der Waals surface area contributed by atoms with Gasteiger partial charge in [-0.15, -0.1) is 11.3 Å². The Morgan fingerprint density at radius 1 is 1.03 bits per heavy atom. The zero-order valence-corrected chi connectivity index (χ0v) is 19.8. The van der Waals surface area contributed by atoms with Gasteiger partial charge < -0.3 is 4.74 Å². The molecule has 4 aromatic rings. The molecule has 4 nitrogen and oxygen atoms in total. The molecule has 0 unspecified atom stereocenters. The Balaban J connectivity index is 1.43. The lowest BCUT2D eigenvalue weighted by Gasteiger charge is -2.07. The molecule has 0 radical (unpaired) electrons. The number of benzene rings is 3. The number of anilines is 1. The zero-order valence-electron chi connectivity index (χ0n) is 17.4. The van der Waals surface area contributed by atoms with Crippen LogP contribution in [0.15, 0.2) is 88.7 Å². The molecule has 32 heavy (non-hydrogen) atoms. The van der Waals surface area contributed by atoms with Gasteiger partial charge in [0.2, 0.25) is 5.91 Å². The van der Waals surface area contributed by atoms with Gasteiger partial charge in [0, 0.05) is 27.1 Å². The van der Waals surface area contributed by atoms with Crippen molar-refractivity contribution in [2.45, 2.75) is 6.92 Å². The Bertz CT molecular complexity index is 1230. The van der Waals surface area contributed by atoms with Crippen molar-refractivity contribution in [3.05, 3.63) is 94.3 Å². The second-order valence-corrected chi connectivity index (χ2v) is 8.69. The number of nitrogens with one attached hydrogen (secondary N) is 1. The molecule has 1 N–H and O–H groups in total. The van der Waals surface area contributed by atoms with Gasteiger partial charge in [-0.25, -0.2) is 4.98 Å². The molecule has 0 spiro atoms. The van der Waals surface area contributed by atoms with Gasteiger partial charge >= 0.3 is 0 Å². The van der Waals surface area contributed by atoms with Crippen LogP contribution in [0.1, 0.15) is 12.5 Å². The SMILES string of the molecule is CCOc1ccc(Br)cc1C=CC(=O)Nc1nc(-c2ccc(-c3ccccc3)cc2)cs1. The molecule has 1 heterocycles. The second-order valence-electron chi connectivity index (χ2n) is 6.92. The van der Waals surface area contributed by atoms with Crippen molar-refractivity contribution in [1.82, 2.24) is 4.98 Å². The molecule has 0 atom stereocenters. The lowest BCUT2D eigenvalue weighted by Crippen LogP contribution is -2.07. The molecule has 0 fully saturated rings. The molecule has 1 aromatic heterocycles. The number of hydrogen-bond acceptors (Lipinski definition) is 4. The fourth-order valence-corrected chi connectivity index (χ4v) is 4.28. The smallest absolute Gasteiger partial charge is 0.250 e. The summed E-state index contributed by atoms with van der Waals surface area (Å²) in [5.74, 6) is 0.489. The topological polar surface area (TPSA) is 51.2 Å². The van der Waals surface area contributed by atoms with Gasteiger partial charge in [0.15, 0.2) is 5.13 Å². The van der Waals surface area contributed by atoms with Crippen LogP contribution in [0.2, 0.25) is 0 Å². The maximum atomic E-state index is 12.4. The maximum Gasteiger partial charge on any atom is 0.250 e. The largest absolute Gasteiger partial charge is 0.493 e. The molecular formula is C26H21BrN2O2S. The maximum absolute atomic E-state index is 12.4. The summed E-state index contributed by atoms with van der Waals surface area (Å²) in [6.45, 7) is 2.49. The Kier molecular flexibility index (Phi) is 7.14. The number of carbonyl (C=O) groups is 1. The summed E-state index contributed by atoms with van der Waals surface area (Å²) in [6, 6.07) is 24.2. The van der Waals surface area contributed by atoms with Crippen LogP contribution in [0.4, 0.5) is 5.13 Å². The van der Waals surface area contributed by atoms with Gasteiger partial charge in [0.05, 0.1) is 12.3 Å². The lowest BCUT2D eigenvalue weighted by atomic mass is 10.0. The van der Waals surface area contributed by atoms with Crippen molar-refractivity contribution in [1.29, 1.82) is 0 Å². The summed E-state index contributed by atoms with van der Waals surface area (Å²) < 4.78 is 6.54. The Labute approximate surface area is 199 Å². The Morgan fingerprint density at radius 2 is 1.75 bits per heavy atom. The Hall–Kier alpha value is -3.22. The first-order valence-corrected chi connectivity index (χ1v) is 11.8. The minimum Gasteiger partial charge on any atom is -0.493 e. The first-order valence-electron chi connectivity index (χ1n) is 10.1. The molecule has 160 valence electrons. The number of nitrogens with zero attached hydrogens (tertiary/aromatic N) is 1. The fraction of sp³-hybridized carbons (Fsp3) is 0.0769. The summed E-state index contributed by atoms with van der Waals surface area (Å²) in [4.78, 5) is 17.0. The number of amides is 1. The van der Waals surface area contributed by atoms with Gasteiger partial charge in [0.1, 0.15) is 5.75 Å². The molecule has 4 rings (SSSR count). The third-order valence-electron chi connectivity index (χ3n) is 4.71. The highest BCUT2D eigenvalue weighted by atomic mass is 79.9. The first-order chi connectivity index (χ1) is 15.6. The van der Waals surface area contributed by atoms with E-state index in [0.29, 0.717) is 11.7 Å². The number of aromatic nitrogens is 1. The van der Waals surface area contributed by atoms with Gasteiger partial charge in [-0.1, -0.05) is 70.5 Å². The Morgan fingerprint density at radius 3 is 2.50 bits per heavy atom. The minimum atomic E-state index is -0.243. The van der Waals surface area contributed by atoms with Crippen LogP contribution in [0.25, 0.3) is 28.5 Å². The second kappa shape index (κ2) is 10.4. The summed E-state index contributed by atoms with van der Waals surface area (Å²) in [6.07, 6.45) is 3.22. The zero-order chi connectivity index (χ0) is 22.3. The predicted molar refractivity (Wildman–Crippen MR) is 136 cm³/mol. The number of rotatable bonds is 7. The van der Waals surface area contributed by atoms with Crippen LogP contribution in [0.5, 0.6) is 5.75 Å². The van der Waals surface area contributed by atoms with Gasteiger partial charge in [-0.3, -0.25) is 10.1 Å². The summed E-state index contributed by atoms with van der Waals surface area (Å²) >= 11 is 4.85. The minimum absolute atomic E-state index is 0.243. The van der Waals surface area contributed by atoms with Crippen LogP contribution in [-0.2, 0) is 4.79 Å². The van der Waals surface area contributed by atoms with Crippen LogP contribution in [-0.4, -0.2) is 17.5 Å². The average Bonchev–Trinajstić information content (AvgIpc) is 3.28. The van der Waals surface area contributed by atoms with E-state index >= 15 is 0 Å². The van der Waals surface area contributed by atoms with E-state index in [1.54, 1.807) is 6.08 Å². The van der Waals surface area contributed by atoms with E-state index in [1.807, 2.05) is 60.8 Å². The predicted octanol–water partition coefficient (Wildman–Crippen LogP) is 7.29. The van der Waals surface area contributed by atoms with Gasteiger partial charge in [0.25, 0.3) is 0 Å². The van der Waals surface area contributed by atoms with E-state index in [9.17, 15) is 4.79 Å². The highest BCUT2D eigenvalue weighted by molar-refractivity contribution is 9.10. The third kappa shape index (κ3) is 5.52. The fourth-order valence-electron chi connectivity index (χ4n) is 3.18. The summed E-state index contributed by atoms with van der Waals surface area (Å²) in [5.41, 5.74) is 5.00. The molecule has 3 aromatic carbocycles. The van der Waals surface area contributed by atoms with Crippen molar-refractivity contribution >= 4 is 44.4 Å². The summed E-state index contributed by atoms with van der Waals surface area (Å²) in [7, 11) is 0. The van der Waals surface area contributed by atoms with E-state index in [-0.39, 0.29) is 5.91 Å². The number of thiazole rings is 1. The van der Waals surface area contributed by atoms with E-state index < -0.39 is 0 Å². The number of halogens is 1. The number of hydrogen-bond donors (Lipinski definition) is 1. The van der Waals surface area contributed by atoms with Crippen LogP contribution in [0.3, 0.4) is 0 Å². The molecule has 1 amide bonds. The van der Waals surface area contributed by atoms with Crippen molar-refractivity contribution in [3.63, 3.8) is 0 Å². The molecule has 0 bridgehead atoms. The standard InChI is InChI=1S/C26H21BrN2O2S/c1-2-31-24-14-13-22(27)16-21(24)12-15-25(30)29-26-28-23(17-32-26)20-10-8-19(9-11-20)18-6-4-3-5-7-18/h3-17H,2H2,1H3,(H,28,29,30). The van der Waals surface area contributed by atoms with Crippen LogP contribution < -0.4 is 10.1 Å². The quantitative estimate of drug-likeness (QED) is 0.269. The summed E-state index contributed by atoms with van der Waals surface area (Å²) in [5, 5.41) is 5.33. The highest BCUT2D eigenvalue weighted by Crippen LogP contribution is 2.28. The highest BCUT2D eigenvalue weighted by Gasteiger charge is 2.08. The van der Waals surface area contributed by atoms with Gasteiger partial charge in [-0.05, 0) is 42.3 Å². The first kappa shape index (κ1) is 22.0.